The molecule has 1 aromatic heterocycles. The first-order valence-corrected chi connectivity index (χ1v) is 7.47. The van der Waals surface area contributed by atoms with Gasteiger partial charge in [0, 0.05) is 19.0 Å². The van der Waals surface area contributed by atoms with Crippen molar-refractivity contribution in [2.45, 2.75) is 32.9 Å². The average Bonchev–Trinajstić information content (AvgIpc) is 2.75. The summed E-state index contributed by atoms with van der Waals surface area (Å²) in [5, 5.41) is 4.50. The number of aryl methyl sites for hydroxylation is 2. The van der Waals surface area contributed by atoms with Crippen molar-refractivity contribution in [3.8, 4) is 5.75 Å². The van der Waals surface area contributed by atoms with Crippen molar-refractivity contribution in [1.29, 1.82) is 0 Å². The highest BCUT2D eigenvalue weighted by atomic mass is 79.9. The van der Waals surface area contributed by atoms with Gasteiger partial charge < -0.3 is 10.5 Å². The van der Waals surface area contributed by atoms with E-state index in [1.807, 2.05) is 35.9 Å². The van der Waals surface area contributed by atoms with Gasteiger partial charge in [0.15, 0.2) is 0 Å². The first-order chi connectivity index (χ1) is 9.56. The van der Waals surface area contributed by atoms with E-state index in [2.05, 4.69) is 28.0 Å². The fraction of sp³-hybridized carbons (Fsp3) is 0.400. The molecule has 1 aromatic carbocycles. The molecule has 1 atom stereocenters. The van der Waals surface area contributed by atoms with Crippen LogP contribution in [-0.4, -0.2) is 16.9 Å². The molecule has 0 spiro atoms. The number of benzene rings is 1. The first kappa shape index (κ1) is 15.1. The Labute approximate surface area is 128 Å². The van der Waals surface area contributed by atoms with Gasteiger partial charge in [-0.2, -0.15) is 5.10 Å². The molecule has 0 aliphatic heterocycles. The van der Waals surface area contributed by atoms with E-state index in [4.69, 9.17) is 10.5 Å². The zero-order valence-corrected chi connectivity index (χ0v) is 13.6. The number of aromatic nitrogens is 2. The minimum atomic E-state index is -0.0807. The van der Waals surface area contributed by atoms with Crippen LogP contribution in [0.3, 0.4) is 0 Å². The molecule has 0 amide bonds. The number of hydrogen-bond acceptors (Lipinski definition) is 3. The molecule has 0 radical (unpaired) electrons. The fourth-order valence-electron chi connectivity index (χ4n) is 2.26. The molecule has 2 rings (SSSR count). The lowest BCUT2D eigenvalue weighted by Gasteiger charge is -2.14. The Balaban J connectivity index is 2.25. The van der Waals surface area contributed by atoms with Crippen molar-refractivity contribution < 1.29 is 4.74 Å². The summed E-state index contributed by atoms with van der Waals surface area (Å²) < 4.78 is 8.30. The Morgan fingerprint density at radius 1 is 1.45 bits per heavy atom. The second kappa shape index (κ2) is 6.41. The number of halogens is 1. The molecule has 0 bridgehead atoms. The molecular weight excluding hydrogens is 318 g/mol. The SMILES string of the molecule is CCn1nc(C)c(Br)c1CC(N)c1cccc(OC)c1. The Hall–Kier alpha value is -1.33. The third-order valence-corrected chi connectivity index (χ3v) is 4.42. The standard InChI is InChI=1S/C15H20BrN3O/c1-4-19-14(15(16)10(2)18-19)9-13(17)11-6-5-7-12(8-11)20-3/h5-8,13H,4,9,17H2,1-3H3. The summed E-state index contributed by atoms with van der Waals surface area (Å²) in [5.41, 5.74) is 9.54. The number of nitrogens with two attached hydrogens (primary N) is 1. The van der Waals surface area contributed by atoms with Crippen LogP contribution in [0, 0.1) is 6.92 Å². The van der Waals surface area contributed by atoms with Crippen molar-refractivity contribution in [2.75, 3.05) is 7.11 Å². The van der Waals surface area contributed by atoms with E-state index in [9.17, 15) is 0 Å². The minimum Gasteiger partial charge on any atom is -0.497 e. The predicted molar refractivity (Wildman–Crippen MR) is 84.0 cm³/mol. The number of hydrogen-bond donors (Lipinski definition) is 1. The van der Waals surface area contributed by atoms with E-state index in [0.29, 0.717) is 0 Å². The molecule has 2 aromatic rings. The molecule has 0 saturated heterocycles. The fourth-order valence-corrected chi connectivity index (χ4v) is 2.71. The van der Waals surface area contributed by atoms with Gasteiger partial charge in [-0.3, -0.25) is 4.68 Å². The maximum Gasteiger partial charge on any atom is 0.119 e. The highest BCUT2D eigenvalue weighted by Crippen LogP contribution is 2.26. The van der Waals surface area contributed by atoms with Gasteiger partial charge in [0.2, 0.25) is 0 Å². The lowest BCUT2D eigenvalue weighted by atomic mass is 10.0. The molecule has 0 saturated carbocycles. The summed E-state index contributed by atoms with van der Waals surface area (Å²) in [6, 6.07) is 7.82. The molecular formula is C15H20BrN3O. The van der Waals surface area contributed by atoms with Crippen molar-refractivity contribution in [1.82, 2.24) is 9.78 Å². The van der Waals surface area contributed by atoms with Gasteiger partial charge in [-0.25, -0.2) is 0 Å². The molecule has 4 nitrogen and oxygen atoms in total. The van der Waals surface area contributed by atoms with Gasteiger partial charge in [0.1, 0.15) is 5.75 Å². The van der Waals surface area contributed by atoms with E-state index in [1.165, 1.54) is 0 Å². The first-order valence-electron chi connectivity index (χ1n) is 6.68. The predicted octanol–water partition coefficient (Wildman–Crippen LogP) is 3.23. The number of ether oxygens (including phenoxy) is 1. The van der Waals surface area contributed by atoms with Crippen LogP contribution in [0.2, 0.25) is 0 Å². The smallest absolute Gasteiger partial charge is 0.119 e. The van der Waals surface area contributed by atoms with E-state index in [0.717, 1.165) is 40.1 Å². The molecule has 1 unspecified atom stereocenters. The van der Waals surface area contributed by atoms with Crippen molar-refractivity contribution in [2.24, 2.45) is 5.73 Å². The lowest BCUT2D eigenvalue weighted by Crippen LogP contribution is -2.16. The summed E-state index contributed by atoms with van der Waals surface area (Å²) in [4.78, 5) is 0. The topological polar surface area (TPSA) is 53.1 Å². The lowest BCUT2D eigenvalue weighted by molar-refractivity contribution is 0.413. The van der Waals surface area contributed by atoms with Crippen LogP contribution >= 0.6 is 15.9 Å². The molecule has 108 valence electrons. The average molecular weight is 338 g/mol. The Bertz CT molecular complexity index is 595. The van der Waals surface area contributed by atoms with Crippen LogP contribution in [0.15, 0.2) is 28.7 Å². The van der Waals surface area contributed by atoms with E-state index >= 15 is 0 Å². The van der Waals surface area contributed by atoms with Crippen molar-refractivity contribution >= 4 is 15.9 Å². The maximum absolute atomic E-state index is 6.33. The van der Waals surface area contributed by atoms with Gasteiger partial charge in [-0.05, 0) is 47.5 Å². The zero-order valence-electron chi connectivity index (χ0n) is 12.1. The Morgan fingerprint density at radius 2 is 2.20 bits per heavy atom. The van der Waals surface area contributed by atoms with Crippen LogP contribution in [0.4, 0.5) is 0 Å². The van der Waals surface area contributed by atoms with Crippen LogP contribution in [0.1, 0.15) is 29.9 Å². The van der Waals surface area contributed by atoms with Gasteiger partial charge in [-0.1, -0.05) is 12.1 Å². The third-order valence-electron chi connectivity index (χ3n) is 3.39. The van der Waals surface area contributed by atoms with Gasteiger partial charge in [0.05, 0.1) is 23.0 Å². The molecule has 20 heavy (non-hydrogen) atoms. The summed E-state index contributed by atoms with van der Waals surface area (Å²) in [7, 11) is 1.66. The number of methoxy groups -OCH3 is 1. The molecule has 0 aliphatic carbocycles. The summed E-state index contributed by atoms with van der Waals surface area (Å²) in [6.07, 6.45) is 0.739. The third kappa shape index (κ3) is 3.04. The van der Waals surface area contributed by atoms with Gasteiger partial charge >= 0.3 is 0 Å². The van der Waals surface area contributed by atoms with Crippen molar-refractivity contribution in [3.05, 3.63) is 45.7 Å². The van der Waals surface area contributed by atoms with Crippen LogP contribution in [0.5, 0.6) is 5.75 Å². The molecule has 2 N–H and O–H groups in total. The van der Waals surface area contributed by atoms with Crippen LogP contribution in [0.25, 0.3) is 0 Å². The second-order valence-electron chi connectivity index (χ2n) is 4.75. The summed E-state index contributed by atoms with van der Waals surface area (Å²) in [6.45, 7) is 4.92. The molecule has 0 aliphatic rings. The molecule has 0 fully saturated rings. The quantitative estimate of drug-likeness (QED) is 0.911. The van der Waals surface area contributed by atoms with Crippen molar-refractivity contribution in [3.63, 3.8) is 0 Å². The monoisotopic (exact) mass is 337 g/mol. The van der Waals surface area contributed by atoms with Crippen LogP contribution in [-0.2, 0) is 13.0 Å². The maximum atomic E-state index is 6.33. The Kier molecular flexibility index (Phi) is 4.83. The molecule has 5 heteroatoms. The van der Waals surface area contributed by atoms with Crippen LogP contribution < -0.4 is 10.5 Å². The minimum absolute atomic E-state index is 0.0807. The summed E-state index contributed by atoms with van der Waals surface area (Å²) >= 11 is 3.61. The highest BCUT2D eigenvalue weighted by Gasteiger charge is 2.16. The van der Waals surface area contributed by atoms with Gasteiger partial charge in [-0.15, -0.1) is 0 Å². The molecule has 1 heterocycles. The second-order valence-corrected chi connectivity index (χ2v) is 5.54. The van der Waals surface area contributed by atoms with E-state index in [1.54, 1.807) is 7.11 Å². The zero-order chi connectivity index (χ0) is 14.7. The van der Waals surface area contributed by atoms with Gasteiger partial charge in [0.25, 0.3) is 0 Å². The highest BCUT2D eigenvalue weighted by molar-refractivity contribution is 9.10. The normalized spacial score (nSPS) is 12.4. The Morgan fingerprint density at radius 3 is 2.85 bits per heavy atom. The number of rotatable bonds is 5. The van der Waals surface area contributed by atoms with E-state index in [-0.39, 0.29) is 6.04 Å². The summed E-state index contributed by atoms with van der Waals surface area (Å²) in [5.74, 6) is 0.831. The van der Waals surface area contributed by atoms with E-state index < -0.39 is 0 Å². The largest absolute Gasteiger partial charge is 0.497 e. The number of nitrogens with zero attached hydrogens (tertiary/aromatic N) is 2.